The van der Waals surface area contributed by atoms with Gasteiger partial charge in [-0.15, -0.1) is 0 Å². The molecule has 0 aliphatic rings. The first kappa shape index (κ1) is 12.5. The Morgan fingerprint density at radius 1 is 1.44 bits per heavy atom. The number of nitriles is 2. The highest BCUT2D eigenvalue weighted by molar-refractivity contribution is 9.08. The van der Waals surface area contributed by atoms with E-state index in [-0.39, 0.29) is 17.7 Å². The van der Waals surface area contributed by atoms with E-state index < -0.39 is 12.0 Å². The molecule has 0 saturated heterocycles. The third kappa shape index (κ3) is 2.34. The highest BCUT2D eigenvalue weighted by Crippen LogP contribution is 2.28. The maximum atomic E-state index is 12.8. The zero-order valence-corrected chi connectivity index (χ0v) is 9.63. The predicted molar refractivity (Wildman–Crippen MR) is 55.9 cm³/mol. The van der Waals surface area contributed by atoms with E-state index in [1.807, 2.05) is 6.07 Å². The van der Waals surface area contributed by atoms with Crippen LogP contribution in [0.5, 0.6) is 0 Å². The van der Waals surface area contributed by atoms with Gasteiger partial charge in [-0.2, -0.15) is 10.5 Å². The van der Waals surface area contributed by atoms with E-state index in [9.17, 15) is 8.78 Å². The van der Waals surface area contributed by atoms with Crippen molar-refractivity contribution in [2.75, 3.05) is 0 Å². The lowest BCUT2D eigenvalue weighted by molar-refractivity contribution is 0.149. The van der Waals surface area contributed by atoms with Gasteiger partial charge in [0.25, 0.3) is 6.43 Å². The SMILES string of the molecule is N#CCc1c(CBr)cnc(C#N)c1C(F)F. The first-order valence-corrected chi connectivity index (χ1v) is 5.39. The van der Waals surface area contributed by atoms with Gasteiger partial charge in [-0.05, 0) is 11.1 Å². The number of halogens is 3. The van der Waals surface area contributed by atoms with Crippen molar-refractivity contribution in [2.24, 2.45) is 0 Å². The van der Waals surface area contributed by atoms with Crippen molar-refractivity contribution in [1.29, 1.82) is 10.5 Å². The van der Waals surface area contributed by atoms with Crippen LogP contribution in [0.3, 0.4) is 0 Å². The summed E-state index contributed by atoms with van der Waals surface area (Å²) < 4.78 is 25.6. The molecule has 0 spiro atoms. The number of alkyl halides is 3. The number of pyridine rings is 1. The van der Waals surface area contributed by atoms with E-state index in [0.717, 1.165) is 0 Å². The van der Waals surface area contributed by atoms with Crippen molar-refractivity contribution in [2.45, 2.75) is 18.2 Å². The van der Waals surface area contributed by atoms with Gasteiger partial charge in [0, 0.05) is 11.5 Å². The van der Waals surface area contributed by atoms with Crippen LogP contribution in [0.25, 0.3) is 0 Å². The highest BCUT2D eigenvalue weighted by atomic mass is 79.9. The lowest BCUT2D eigenvalue weighted by Crippen LogP contribution is -2.04. The molecule has 0 atom stereocenters. The number of aromatic nitrogens is 1. The number of rotatable bonds is 3. The molecule has 82 valence electrons. The van der Waals surface area contributed by atoms with Crippen LogP contribution in [0.15, 0.2) is 6.20 Å². The fourth-order valence-corrected chi connectivity index (χ4v) is 1.82. The Bertz CT molecular complexity index is 474. The van der Waals surface area contributed by atoms with Crippen molar-refractivity contribution >= 4 is 15.9 Å². The minimum absolute atomic E-state index is 0.155. The van der Waals surface area contributed by atoms with Crippen molar-refractivity contribution in [3.63, 3.8) is 0 Å². The van der Waals surface area contributed by atoms with Crippen molar-refractivity contribution < 1.29 is 8.78 Å². The second-order valence-electron chi connectivity index (χ2n) is 2.91. The molecule has 0 unspecified atom stereocenters. The molecular formula is C10H6BrF2N3. The Kier molecular flexibility index (Phi) is 4.33. The first-order valence-electron chi connectivity index (χ1n) is 4.27. The Labute approximate surface area is 99.5 Å². The van der Waals surface area contributed by atoms with E-state index in [1.165, 1.54) is 6.20 Å². The van der Waals surface area contributed by atoms with E-state index >= 15 is 0 Å². The molecule has 0 radical (unpaired) electrons. The largest absolute Gasteiger partial charge is 0.266 e. The van der Waals surface area contributed by atoms with Gasteiger partial charge in [-0.25, -0.2) is 13.8 Å². The van der Waals surface area contributed by atoms with Crippen LogP contribution in [-0.4, -0.2) is 4.98 Å². The predicted octanol–water partition coefficient (Wildman–Crippen LogP) is 2.85. The molecule has 3 nitrogen and oxygen atoms in total. The summed E-state index contributed by atoms with van der Waals surface area (Å²) in [5.41, 5.74) is -0.0391. The normalized spacial score (nSPS) is 9.88. The average molecular weight is 286 g/mol. The van der Waals surface area contributed by atoms with Gasteiger partial charge < -0.3 is 0 Å². The molecule has 1 aromatic heterocycles. The van der Waals surface area contributed by atoms with E-state index in [1.54, 1.807) is 6.07 Å². The zero-order chi connectivity index (χ0) is 12.1. The van der Waals surface area contributed by atoms with Crippen LogP contribution in [0.4, 0.5) is 8.78 Å². The molecule has 16 heavy (non-hydrogen) atoms. The van der Waals surface area contributed by atoms with Crippen LogP contribution in [0, 0.1) is 22.7 Å². The summed E-state index contributed by atoms with van der Waals surface area (Å²) in [6, 6.07) is 3.43. The standard InChI is InChI=1S/C10H6BrF2N3/c11-3-6-5-16-8(4-15)9(10(12)13)7(6)1-2-14/h5,10H,1,3H2. The van der Waals surface area contributed by atoms with Crippen molar-refractivity contribution in [3.8, 4) is 12.1 Å². The molecule has 0 aliphatic carbocycles. The molecule has 1 rings (SSSR count). The summed E-state index contributed by atoms with van der Waals surface area (Å²) in [4.78, 5) is 3.65. The summed E-state index contributed by atoms with van der Waals surface area (Å²) in [5.74, 6) is 0. The Morgan fingerprint density at radius 3 is 2.56 bits per heavy atom. The lowest BCUT2D eigenvalue weighted by Gasteiger charge is -2.11. The smallest absolute Gasteiger partial charge is 0.245 e. The lowest BCUT2D eigenvalue weighted by atomic mass is 10.00. The molecule has 0 bridgehead atoms. The second-order valence-corrected chi connectivity index (χ2v) is 3.47. The molecule has 0 aliphatic heterocycles. The van der Waals surface area contributed by atoms with Gasteiger partial charge in [0.1, 0.15) is 11.8 Å². The maximum absolute atomic E-state index is 12.8. The fourth-order valence-electron chi connectivity index (χ4n) is 1.33. The van der Waals surface area contributed by atoms with Gasteiger partial charge in [-0.3, -0.25) is 0 Å². The van der Waals surface area contributed by atoms with Crippen LogP contribution in [0.2, 0.25) is 0 Å². The quantitative estimate of drug-likeness (QED) is 0.803. The topological polar surface area (TPSA) is 60.5 Å². The molecule has 0 fully saturated rings. The number of hydrogen-bond acceptors (Lipinski definition) is 3. The minimum atomic E-state index is -2.80. The molecule has 0 aromatic carbocycles. The Balaban J connectivity index is 3.49. The fraction of sp³-hybridized carbons (Fsp3) is 0.300. The van der Waals surface area contributed by atoms with Gasteiger partial charge >= 0.3 is 0 Å². The maximum Gasteiger partial charge on any atom is 0.266 e. The summed E-state index contributed by atoms with van der Waals surface area (Å²) >= 11 is 3.13. The monoisotopic (exact) mass is 285 g/mol. The average Bonchev–Trinajstić information content (AvgIpc) is 2.28. The Hall–Kier alpha value is -1.53. The summed E-state index contributed by atoms with van der Waals surface area (Å²) in [6.07, 6.45) is -1.62. The summed E-state index contributed by atoms with van der Waals surface area (Å²) in [6.45, 7) is 0. The zero-order valence-electron chi connectivity index (χ0n) is 8.04. The molecule has 0 amide bonds. The highest BCUT2D eigenvalue weighted by Gasteiger charge is 2.21. The molecule has 1 heterocycles. The third-order valence-corrected chi connectivity index (χ3v) is 2.65. The van der Waals surface area contributed by atoms with Gasteiger partial charge in [0.15, 0.2) is 0 Å². The first-order chi connectivity index (χ1) is 7.65. The summed E-state index contributed by atoms with van der Waals surface area (Å²) in [7, 11) is 0. The third-order valence-electron chi connectivity index (χ3n) is 2.04. The molecule has 0 N–H and O–H groups in total. The van der Waals surface area contributed by atoms with E-state index in [4.69, 9.17) is 10.5 Å². The Morgan fingerprint density at radius 2 is 2.12 bits per heavy atom. The second kappa shape index (κ2) is 5.53. The van der Waals surface area contributed by atoms with E-state index in [0.29, 0.717) is 10.9 Å². The molecule has 6 heteroatoms. The van der Waals surface area contributed by atoms with Gasteiger partial charge in [-0.1, -0.05) is 15.9 Å². The minimum Gasteiger partial charge on any atom is -0.245 e. The van der Waals surface area contributed by atoms with Crippen molar-refractivity contribution in [1.82, 2.24) is 4.98 Å². The van der Waals surface area contributed by atoms with E-state index in [2.05, 4.69) is 20.9 Å². The summed E-state index contributed by atoms with van der Waals surface area (Å²) in [5, 5.41) is 17.6. The van der Waals surface area contributed by atoms with Crippen LogP contribution in [0.1, 0.15) is 28.8 Å². The van der Waals surface area contributed by atoms with Crippen LogP contribution < -0.4 is 0 Å². The molecular weight excluding hydrogens is 280 g/mol. The molecule has 0 saturated carbocycles. The van der Waals surface area contributed by atoms with Crippen LogP contribution in [-0.2, 0) is 11.8 Å². The van der Waals surface area contributed by atoms with Gasteiger partial charge in [0.2, 0.25) is 0 Å². The van der Waals surface area contributed by atoms with Gasteiger partial charge in [0.05, 0.1) is 18.1 Å². The van der Waals surface area contributed by atoms with Crippen molar-refractivity contribution in [3.05, 3.63) is 28.6 Å². The van der Waals surface area contributed by atoms with Crippen LogP contribution >= 0.6 is 15.9 Å². The number of hydrogen-bond donors (Lipinski definition) is 0. The number of nitrogens with zero attached hydrogens (tertiary/aromatic N) is 3. The molecule has 1 aromatic rings.